The second-order valence-electron chi connectivity index (χ2n) is 6.73. The molecule has 3 aliphatic heterocycles. The summed E-state index contributed by atoms with van der Waals surface area (Å²) in [4.78, 5) is 7.79. The molecule has 0 bridgehead atoms. The first kappa shape index (κ1) is 14.7. The molecule has 0 radical (unpaired) electrons. The first-order valence-electron chi connectivity index (χ1n) is 8.25. The fraction of sp³-hybridized carbons (Fsp3) is 1.00. The maximum atomic E-state index is 5.96. The van der Waals surface area contributed by atoms with Gasteiger partial charge in [0.05, 0.1) is 12.7 Å². The maximum absolute atomic E-state index is 5.96. The SMILES string of the molecule is CC(C)N1CCOC(CN2CCN(C3CNC3)CC2)C1. The van der Waals surface area contributed by atoms with Crippen molar-refractivity contribution in [2.75, 3.05) is 65.5 Å². The van der Waals surface area contributed by atoms with Crippen LogP contribution >= 0.6 is 0 Å². The number of nitrogens with one attached hydrogen (secondary N) is 1. The molecule has 0 saturated carbocycles. The Bertz CT molecular complexity index is 300. The van der Waals surface area contributed by atoms with Gasteiger partial charge >= 0.3 is 0 Å². The lowest BCUT2D eigenvalue weighted by molar-refractivity contribution is -0.0583. The van der Waals surface area contributed by atoms with Gasteiger partial charge in [-0.05, 0) is 13.8 Å². The molecule has 3 saturated heterocycles. The molecule has 0 aromatic heterocycles. The van der Waals surface area contributed by atoms with Crippen molar-refractivity contribution in [3.63, 3.8) is 0 Å². The summed E-state index contributed by atoms with van der Waals surface area (Å²) < 4.78 is 5.96. The van der Waals surface area contributed by atoms with Crippen LogP contribution < -0.4 is 5.32 Å². The lowest BCUT2D eigenvalue weighted by Crippen LogP contribution is -2.62. The molecule has 0 aromatic rings. The van der Waals surface area contributed by atoms with E-state index < -0.39 is 0 Å². The molecular formula is C15H30N4O. The molecule has 5 heteroatoms. The molecule has 1 unspecified atom stereocenters. The van der Waals surface area contributed by atoms with Crippen LogP contribution in [-0.4, -0.2) is 98.4 Å². The molecule has 0 amide bonds. The van der Waals surface area contributed by atoms with Gasteiger partial charge in [-0.3, -0.25) is 14.7 Å². The second kappa shape index (κ2) is 6.71. The summed E-state index contributed by atoms with van der Waals surface area (Å²) in [5.74, 6) is 0. The summed E-state index contributed by atoms with van der Waals surface area (Å²) in [6.45, 7) is 16.0. The van der Waals surface area contributed by atoms with E-state index in [9.17, 15) is 0 Å². The normalized spacial score (nSPS) is 31.6. The molecule has 0 aliphatic carbocycles. The van der Waals surface area contributed by atoms with E-state index in [2.05, 4.69) is 33.9 Å². The van der Waals surface area contributed by atoms with Gasteiger partial charge in [0.25, 0.3) is 0 Å². The Morgan fingerprint density at radius 1 is 1.10 bits per heavy atom. The number of hydrogen-bond donors (Lipinski definition) is 1. The molecule has 0 aromatic carbocycles. The van der Waals surface area contributed by atoms with Crippen LogP contribution in [0.25, 0.3) is 0 Å². The summed E-state index contributed by atoms with van der Waals surface area (Å²) in [6.07, 6.45) is 0.406. The summed E-state index contributed by atoms with van der Waals surface area (Å²) in [5.41, 5.74) is 0. The second-order valence-corrected chi connectivity index (χ2v) is 6.73. The maximum Gasteiger partial charge on any atom is 0.0829 e. The van der Waals surface area contributed by atoms with Gasteiger partial charge in [-0.1, -0.05) is 0 Å². The van der Waals surface area contributed by atoms with Gasteiger partial charge in [0, 0.05) is 71.0 Å². The Morgan fingerprint density at radius 2 is 1.85 bits per heavy atom. The van der Waals surface area contributed by atoms with E-state index in [-0.39, 0.29) is 0 Å². The zero-order chi connectivity index (χ0) is 13.9. The topological polar surface area (TPSA) is 31.0 Å². The molecule has 5 nitrogen and oxygen atoms in total. The molecule has 1 atom stereocenters. The van der Waals surface area contributed by atoms with Gasteiger partial charge < -0.3 is 10.1 Å². The average Bonchev–Trinajstić information content (AvgIpc) is 2.39. The molecule has 3 rings (SSSR count). The van der Waals surface area contributed by atoms with E-state index in [1.54, 1.807) is 0 Å². The highest BCUT2D eigenvalue weighted by Crippen LogP contribution is 2.13. The van der Waals surface area contributed by atoms with Gasteiger partial charge in [-0.15, -0.1) is 0 Å². The third-order valence-electron chi connectivity index (χ3n) is 5.05. The minimum atomic E-state index is 0.406. The third kappa shape index (κ3) is 3.52. The van der Waals surface area contributed by atoms with E-state index in [1.807, 2.05) is 0 Å². The van der Waals surface area contributed by atoms with Crippen LogP contribution in [0.2, 0.25) is 0 Å². The fourth-order valence-corrected chi connectivity index (χ4v) is 3.45. The Hall–Kier alpha value is -0.200. The van der Waals surface area contributed by atoms with Crippen molar-refractivity contribution in [3.05, 3.63) is 0 Å². The predicted molar refractivity (Wildman–Crippen MR) is 81.1 cm³/mol. The molecule has 1 N–H and O–H groups in total. The Kier molecular flexibility index (Phi) is 4.94. The Morgan fingerprint density at radius 3 is 2.45 bits per heavy atom. The summed E-state index contributed by atoms with van der Waals surface area (Å²) in [5, 5.41) is 3.37. The fourth-order valence-electron chi connectivity index (χ4n) is 3.45. The van der Waals surface area contributed by atoms with Crippen LogP contribution in [0.4, 0.5) is 0 Å². The number of morpholine rings is 1. The molecule has 3 fully saturated rings. The monoisotopic (exact) mass is 282 g/mol. The number of ether oxygens (including phenoxy) is 1. The summed E-state index contributed by atoms with van der Waals surface area (Å²) in [6, 6.07) is 1.45. The third-order valence-corrected chi connectivity index (χ3v) is 5.05. The number of hydrogen-bond acceptors (Lipinski definition) is 5. The Labute approximate surface area is 123 Å². The standard InChI is InChI=1S/C15H30N4O/c1-13(2)19-7-8-20-15(12-19)11-17-3-5-18(6-4-17)14-9-16-10-14/h13-16H,3-12H2,1-2H3. The van der Waals surface area contributed by atoms with Crippen molar-refractivity contribution in [2.45, 2.75) is 32.0 Å². The van der Waals surface area contributed by atoms with E-state index in [1.165, 1.54) is 39.3 Å². The average molecular weight is 282 g/mol. The zero-order valence-corrected chi connectivity index (χ0v) is 13.1. The first-order valence-corrected chi connectivity index (χ1v) is 8.25. The van der Waals surface area contributed by atoms with Crippen LogP contribution in [0.1, 0.15) is 13.8 Å². The lowest BCUT2D eigenvalue weighted by atomic mass is 10.1. The molecule has 3 aliphatic rings. The highest BCUT2D eigenvalue weighted by atomic mass is 16.5. The van der Waals surface area contributed by atoms with Crippen LogP contribution in [0.5, 0.6) is 0 Å². The zero-order valence-electron chi connectivity index (χ0n) is 13.1. The van der Waals surface area contributed by atoms with Crippen molar-refractivity contribution in [1.29, 1.82) is 0 Å². The van der Waals surface area contributed by atoms with Crippen molar-refractivity contribution < 1.29 is 4.74 Å². The van der Waals surface area contributed by atoms with Crippen LogP contribution in [0.3, 0.4) is 0 Å². The number of rotatable bonds is 4. The predicted octanol–water partition coefficient (Wildman–Crippen LogP) is -0.315. The van der Waals surface area contributed by atoms with Gasteiger partial charge in [-0.2, -0.15) is 0 Å². The minimum absolute atomic E-state index is 0.406. The van der Waals surface area contributed by atoms with Gasteiger partial charge in [0.15, 0.2) is 0 Å². The minimum Gasteiger partial charge on any atom is -0.374 e. The molecule has 20 heavy (non-hydrogen) atoms. The molecule has 116 valence electrons. The van der Waals surface area contributed by atoms with Crippen molar-refractivity contribution in [3.8, 4) is 0 Å². The van der Waals surface area contributed by atoms with Crippen molar-refractivity contribution >= 4 is 0 Å². The smallest absolute Gasteiger partial charge is 0.0829 e. The highest BCUT2D eigenvalue weighted by Gasteiger charge is 2.29. The van der Waals surface area contributed by atoms with Crippen LogP contribution in [-0.2, 0) is 4.74 Å². The van der Waals surface area contributed by atoms with Gasteiger partial charge in [0.1, 0.15) is 0 Å². The highest BCUT2D eigenvalue weighted by molar-refractivity contribution is 4.88. The van der Waals surface area contributed by atoms with E-state index in [0.29, 0.717) is 12.1 Å². The van der Waals surface area contributed by atoms with Crippen LogP contribution in [0.15, 0.2) is 0 Å². The molecule has 3 heterocycles. The first-order chi connectivity index (χ1) is 9.72. The van der Waals surface area contributed by atoms with E-state index in [4.69, 9.17) is 4.74 Å². The Balaban J connectivity index is 1.40. The molecular weight excluding hydrogens is 252 g/mol. The summed E-state index contributed by atoms with van der Waals surface area (Å²) >= 11 is 0. The number of piperazine rings is 1. The molecule has 0 spiro atoms. The van der Waals surface area contributed by atoms with Crippen molar-refractivity contribution in [1.82, 2.24) is 20.0 Å². The van der Waals surface area contributed by atoms with Crippen molar-refractivity contribution in [2.24, 2.45) is 0 Å². The summed E-state index contributed by atoms with van der Waals surface area (Å²) in [7, 11) is 0. The van der Waals surface area contributed by atoms with E-state index >= 15 is 0 Å². The van der Waals surface area contributed by atoms with E-state index in [0.717, 1.165) is 32.3 Å². The van der Waals surface area contributed by atoms with Gasteiger partial charge in [-0.25, -0.2) is 0 Å². The largest absolute Gasteiger partial charge is 0.374 e. The lowest BCUT2D eigenvalue weighted by Gasteiger charge is -2.44. The van der Waals surface area contributed by atoms with Crippen LogP contribution in [0, 0.1) is 0 Å². The van der Waals surface area contributed by atoms with Gasteiger partial charge in [0.2, 0.25) is 0 Å². The quantitative estimate of drug-likeness (QED) is 0.764. The number of nitrogens with zero attached hydrogens (tertiary/aromatic N) is 3.